The van der Waals surface area contributed by atoms with Gasteiger partial charge in [-0.2, -0.15) is 0 Å². The minimum Gasteiger partial charge on any atom is -0.367 e. The van der Waals surface area contributed by atoms with E-state index in [0.717, 1.165) is 22.1 Å². The van der Waals surface area contributed by atoms with E-state index in [1.165, 1.54) is 0 Å². The molecule has 4 aromatic rings. The summed E-state index contributed by atoms with van der Waals surface area (Å²) in [5.74, 6) is 1.27. The van der Waals surface area contributed by atoms with Crippen LogP contribution in [-0.2, 0) is 0 Å². The molecule has 2 aromatic heterocycles. The SMILES string of the molecule is O=C(NCCNc1ccc(Nc2ccncc2)nn1)Nc1ccc2ccccc2c1. The van der Waals surface area contributed by atoms with E-state index in [1.54, 1.807) is 12.4 Å². The number of nitrogens with zero attached hydrogens (tertiary/aromatic N) is 3. The van der Waals surface area contributed by atoms with Crippen LogP contribution < -0.4 is 21.3 Å². The standard InChI is InChI=1S/C22H21N7O/c30-22(27-19-6-5-16-3-1-2-4-17(16)15-19)25-14-13-24-20-7-8-21(29-28-20)26-18-9-11-23-12-10-18/h1-12,15H,13-14H2,(H,24,28)(H,23,26,29)(H2,25,27,30). The zero-order valence-corrected chi connectivity index (χ0v) is 16.2. The van der Waals surface area contributed by atoms with E-state index in [1.807, 2.05) is 66.7 Å². The molecule has 150 valence electrons. The van der Waals surface area contributed by atoms with Crippen molar-refractivity contribution in [1.82, 2.24) is 20.5 Å². The topological polar surface area (TPSA) is 104 Å². The molecule has 0 saturated carbocycles. The summed E-state index contributed by atoms with van der Waals surface area (Å²) in [5, 5.41) is 22.4. The Morgan fingerprint density at radius 2 is 1.53 bits per heavy atom. The number of urea groups is 1. The van der Waals surface area contributed by atoms with Crippen LogP contribution in [0.2, 0.25) is 0 Å². The lowest BCUT2D eigenvalue weighted by atomic mass is 10.1. The molecule has 4 rings (SSSR count). The molecular formula is C22H21N7O. The van der Waals surface area contributed by atoms with Crippen molar-refractivity contribution in [2.45, 2.75) is 0 Å². The van der Waals surface area contributed by atoms with Gasteiger partial charge < -0.3 is 21.3 Å². The quantitative estimate of drug-likeness (QED) is 0.350. The average Bonchev–Trinajstić information content (AvgIpc) is 2.78. The molecule has 0 aliphatic heterocycles. The Morgan fingerprint density at radius 3 is 2.33 bits per heavy atom. The van der Waals surface area contributed by atoms with E-state index in [9.17, 15) is 4.79 Å². The van der Waals surface area contributed by atoms with Crippen LogP contribution in [0.5, 0.6) is 0 Å². The van der Waals surface area contributed by atoms with E-state index in [4.69, 9.17) is 0 Å². The maximum absolute atomic E-state index is 12.1. The van der Waals surface area contributed by atoms with E-state index in [-0.39, 0.29) is 6.03 Å². The molecule has 2 aromatic carbocycles. The first-order valence-electron chi connectivity index (χ1n) is 9.54. The molecule has 30 heavy (non-hydrogen) atoms. The number of carbonyl (C=O) groups excluding carboxylic acids is 1. The van der Waals surface area contributed by atoms with Crippen molar-refractivity contribution >= 4 is 39.8 Å². The Balaban J connectivity index is 1.20. The maximum Gasteiger partial charge on any atom is 0.319 e. The van der Waals surface area contributed by atoms with Gasteiger partial charge in [-0.05, 0) is 47.2 Å². The fourth-order valence-corrected chi connectivity index (χ4v) is 2.89. The van der Waals surface area contributed by atoms with Gasteiger partial charge in [0, 0.05) is 36.9 Å². The zero-order valence-electron chi connectivity index (χ0n) is 16.2. The fourth-order valence-electron chi connectivity index (χ4n) is 2.89. The number of aromatic nitrogens is 3. The smallest absolute Gasteiger partial charge is 0.319 e. The van der Waals surface area contributed by atoms with Gasteiger partial charge in [-0.3, -0.25) is 4.98 Å². The number of hydrogen-bond acceptors (Lipinski definition) is 6. The third kappa shape index (κ3) is 5.20. The van der Waals surface area contributed by atoms with Crippen molar-refractivity contribution in [2.24, 2.45) is 0 Å². The van der Waals surface area contributed by atoms with Crippen LogP contribution >= 0.6 is 0 Å². The summed E-state index contributed by atoms with van der Waals surface area (Å²) in [7, 11) is 0. The molecule has 2 heterocycles. The molecular weight excluding hydrogens is 378 g/mol. The van der Waals surface area contributed by atoms with Crippen molar-refractivity contribution in [1.29, 1.82) is 0 Å². The third-order valence-electron chi connectivity index (χ3n) is 4.34. The van der Waals surface area contributed by atoms with Crippen molar-refractivity contribution in [3.8, 4) is 0 Å². The number of fused-ring (bicyclic) bond motifs is 1. The molecule has 2 amide bonds. The average molecular weight is 399 g/mol. The van der Waals surface area contributed by atoms with Crippen LogP contribution in [0.4, 0.5) is 27.8 Å². The molecule has 8 heteroatoms. The monoisotopic (exact) mass is 399 g/mol. The highest BCUT2D eigenvalue weighted by Crippen LogP contribution is 2.18. The Hall–Kier alpha value is -4.20. The van der Waals surface area contributed by atoms with E-state index in [2.05, 4.69) is 36.4 Å². The first kappa shape index (κ1) is 19.1. The lowest BCUT2D eigenvalue weighted by molar-refractivity contribution is 0.252. The maximum atomic E-state index is 12.1. The van der Waals surface area contributed by atoms with Gasteiger partial charge in [0.2, 0.25) is 0 Å². The number of pyridine rings is 1. The molecule has 0 atom stereocenters. The second-order valence-electron chi connectivity index (χ2n) is 6.53. The molecule has 4 N–H and O–H groups in total. The zero-order chi connectivity index (χ0) is 20.6. The largest absolute Gasteiger partial charge is 0.367 e. The molecule has 0 spiro atoms. The number of benzene rings is 2. The minimum absolute atomic E-state index is 0.255. The van der Waals surface area contributed by atoms with E-state index >= 15 is 0 Å². The number of amides is 2. The molecule has 0 saturated heterocycles. The van der Waals surface area contributed by atoms with Crippen LogP contribution in [0, 0.1) is 0 Å². The fraction of sp³-hybridized carbons (Fsp3) is 0.0909. The van der Waals surface area contributed by atoms with Crippen LogP contribution in [0.25, 0.3) is 10.8 Å². The van der Waals surface area contributed by atoms with Gasteiger partial charge in [0.25, 0.3) is 0 Å². The number of nitrogens with one attached hydrogen (secondary N) is 4. The lowest BCUT2D eigenvalue weighted by Crippen LogP contribution is -2.32. The third-order valence-corrected chi connectivity index (χ3v) is 4.34. The number of rotatable bonds is 7. The molecule has 0 radical (unpaired) electrons. The normalized spacial score (nSPS) is 10.4. The molecule has 0 aliphatic carbocycles. The Kier molecular flexibility index (Phi) is 5.95. The highest BCUT2D eigenvalue weighted by atomic mass is 16.2. The molecule has 0 fully saturated rings. The highest BCUT2D eigenvalue weighted by Gasteiger charge is 2.03. The number of carbonyl (C=O) groups is 1. The second kappa shape index (κ2) is 9.33. The number of hydrogen-bond donors (Lipinski definition) is 4. The van der Waals surface area contributed by atoms with Gasteiger partial charge in [0.05, 0.1) is 0 Å². The van der Waals surface area contributed by atoms with Crippen LogP contribution in [0.3, 0.4) is 0 Å². The first-order valence-corrected chi connectivity index (χ1v) is 9.54. The van der Waals surface area contributed by atoms with Gasteiger partial charge in [-0.1, -0.05) is 30.3 Å². The Labute approximate surface area is 173 Å². The summed E-state index contributed by atoms with van der Waals surface area (Å²) >= 11 is 0. The summed E-state index contributed by atoms with van der Waals surface area (Å²) in [6, 6.07) is 20.9. The summed E-state index contributed by atoms with van der Waals surface area (Å²) in [6.45, 7) is 0.967. The van der Waals surface area contributed by atoms with E-state index < -0.39 is 0 Å². The predicted molar refractivity (Wildman–Crippen MR) is 119 cm³/mol. The number of anilines is 4. The lowest BCUT2D eigenvalue weighted by Gasteiger charge is -2.10. The molecule has 0 aliphatic rings. The van der Waals surface area contributed by atoms with E-state index in [0.29, 0.717) is 24.7 Å². The Morgan fingerprint density at radius 1 is 0.767 bits per heavy atom. The van der Waals surface area contributed by atoms with Gasteiger partial charge in [0.15, 0.2) is 5.82 Å². The van der Waals surface area contributed by atoms with Crippen LogP contribution in [0.15, 0.2) is 79.1 Å². The second-order valence-corrected chi connectivity index (χ2v) is 6.53. The Bertz CT molecular complexity index is 1120. The summed E-state index contributed by atoms with van der Waals surface area (Å²) < 4.78 is 0. The van der Waals surface area contributed by atoms with Gasteiger partial charge >= 0.3 is 6.03 Å². The highest BCUT2D eigenvalue weighted by molar-refractivity contribution is 5.93. The van der Waals surface area contributed by atoms with Crippen molar-refractivity contribution in [2.75, 3.05) is 29.0 Å². The van der Waals surface area contributed by atoms with Gasteiger partial charge in [-0.15, -0.1) is 10.2 Å². The molecule has 8 nitrogen and oxygen atoms in total. The van der Waals surface area contributed by atoms with Crippen molar-refractivity contribution in [3.05, 3.63) is 79.1 Å². The summed E-state index contributed by atoms with van der Waals surface area (Å²) in [5.41, 5.74) is 1.64. The van der Waals surface area contributed by atoms with Crippen molar-refractivity contribution in [3.63, 3.8) is 0 Å². The van der Waals surface area contributed by atoms with Gasteiger partial charge in [-0.25, -0.2) is 4.79 Å². The summed E-state index contributed by atoms with van der Waals surface area (Å²) in [4.78, 5) is 16.1. The van der Waals surface area contributed by atoms with Gasteiger partial charge in [0.1, 0.15) is 5.82 Å². The first-order chi connectivity index (χ1) is 14.8. The molecule has 0 bridgehead atoms. The summed E-state index contributed by atoms with van der Waals surface area (Å²) in [6.07, 6.45) is 3.41. The predicted octanol–water partition coefficient (Wildman–Crippen LogP) is 4.00. The molecule has 0 unspecified atom stereocenters. The minimum atomic E-state index is -0.255. The van der Waals surface area contributed by atoms with Crippen molar-refractivity contribution < 1.29 is 4.79 Å². The van der Waals surface area contributed by atoms with Crippen LogP contribution in [0.1, 0.15) is 0 Å². The van der Waals surface area contributed by atoms with Crippen LogP contribution in [-0.4, -0.2) is 34.3 Å².